The van der Waals surface area contributed by atoms with Gasteiger partial charge in [0.05, 0.1) is 6.54 Å². The average Bonchev–Trinajstić information content (AvgIpc) is 2.92. The molecule has 0 N–H and O–H groups in total. The van der Waals surface area contributed by atoms with Gasteiger partial charge < -0.3 is 4.90 Å². The lowest BCUT2D eigenvalue weighted by atomic mass is 10.1. The fraction of sp³-hybridized carbons (Fsp3) is 0.600. The molecule has 1 atom stereocenters. The lowest BCUT2D eigenvalue weighted by molar-refractivity contribution is -0.135. The van der Waals surface area contributed by atoms with Crippen molar-refractivity contribution in [1.82, 2.24) is 9.80 Å². The van der Waals surface area contributed by atoms with Crippen LogP contribution in [0.4, 0.5) is 0 Å². The maximum absolute atomic E-state index is 12.2. The van der Waals surface area contributed by atoms with E-state index in [1.165, 1.54) is 4.88 Å². The van der Waals surface area contributed by atoms with Crippen molar-refractivity contribution < 1.29 is 9.59 Å². The highest BCUT2D eigenvalue weighted by Gasteiger charge is 2.22. The van der Waals surface area contributed by atoms with Crippen LogP contribution in [0.3, 0.4) is 0 Å². The Kier molecular flexibility index (Phi) is 5.31. The third-order valence-corrected chi connectivity index (χ3v) is 4.79. The predicted molar refractivity (Wildman–Crippen MR) is 80.9 cm³/mol. The number of rotatable bonds is 5. The number of hydrogen-bond donors (Lipinski definition) is 0. The zero-order valence-corrected chi connectivity index (χ0v) is 13.0. The summed E-state index contributed by atoms with van der Waals surface area (Å²) in [6.45, 7) is 3.75. The van der Waals surface area contributed by atoms with Gasteiger partial charge in [0.25, 0.3) is 0 Å². The van der Waals surface area contributed by atoms with Crippen LogP contribution in [-0.4, -0.2) is 54.2 Å². The van der Waals surface area contributed by atoms with Gasteiger partial charge in [-0.25, -0.2) is 0 Å². The van der Waals surface area contributed by atoms with E-state index in [9.17, 15) is 9.59 Å². The van der Waals surface area contributed by atoms with Crippen molar-refractivity contribution in [3.63, 3.8) is 0 Å². The van der Waals surface area contributed by atoms with E-state index in [-0.39, 0.29) is 11.7 Å². The van der Waals surface area contributed by atoms with Crippen LogP contribution in [0.5, 0.6) is 0 Å². The summed E-state index contributed by atoms with van der Waals surface area (Å²) in [4.78, 5) is 28.6. The number of thiophene rings is 1. The van der Waals surface area contributed by atoms with Crippen molar-refractivity contribution in [1.29, 1.82) is 0 Å². The van der Waals surface area contributed by atoms with Gasteiger partial charge in [0, 0.05) is 36.9 Å². The highest BCUT2D eigenvalue weighted by Crippen LogP contribution is 2.14. The maximum Gasteiger partial charge on any atom is 0.236 e. The lowest BCUT2D eigenvalue weighted by Gasteiger charge is -2.30. The Bertz CT molecular complexity index is 448. The van der Waals surface area contributed by atoms with E-state index in [0.29, 0.717) is 38.5 Å². The second-order valence-electron chi connectivity index (χ2n) is 5.47. The molecule has 5 heteroatoms. The van der Waals surface area contributed by atoms with Gasteiger partial charge in [0.15, 0.2) is 0 Å². The molecule has 0 aromatic carbocycles. The number of hydrogen-bond acceptors (Lipinski definition) is 4. The van der Waals surface area contributed by atoms with Crippen LogP contribution in [0.2, 0.25) is 0 Å². The zero-order valence-electron chi connectivity index (χ0n) is 12.2. The minimum Gasteiger partial charge on any atom is -0.341 e. The minimum absolute atomic E-state index is 0.137. The quantitative estimate of drug-likeness (QED) is 0.831. The molecule has 20 heavy (non-hydrogen) atoms. The largest absolute Gasteiger partial charge is 0.341 e. The van der Waals surface area contributed by atoms with Crippen molar-refractivity contribution in [2.75, 3.05) is 26.7 Å². The number of amides is 1. The van der Waals surface area contributed by atoms with Crippen LogP contribution in [0.1, 0.15) is 24.6 Å². The molecule has 4 nitrogen and oxygen atoms in total. The number of likely N-dealkylation sites (N-methyl/N-ethyl adjacent to an activating group) is 1. The summed E-state index contributed by atoms with van der Waals surface area (Å²) in [5, 5.41) is 2.08. The van der Waals surface area contributed by atoms with Gasteiger partial charge in [-0.15, -0.1) is 11.3 Å². The predicted octanol–water partition coefficient (Wildman–Crippen LogP) is 1.80. The second-order valence-corrected chi connectivity index (χ2v) is 6.50. The number of carbonyl (C=O) groups excluding carboxylic acids is 2. The first-order chi connectivity index (χ1) is 9.56. The SMILES string of the molecule is CC(Cc1cccs1)N(C)CC(=O)N1CCC(=O)CC1. The maximum atomic E-state index is 12.2. The van der Waals surface area contributed by atoms with Gasteiger partial charge in [-0.3, -0.25) is 14.5 Å². The first-order valence-electron chi connectivity index (χ1n) is 7.08. The Morgan fingerprint density at radius 2 is 2.15 bits per heavy atom. The number of nitrogens with zero attached hydrogens (tertiary/aromatic N) is 2. The Hall–Kier alpha value is -1.20. The van der Waals surface area contributed by atoms with Crippen molar-refractivity contribution in [2.45, 2.75) is 32.2 Å². The summed E-state index contributed by atoms with van der Waals surface area (Å²) in [5.74, 6) is 0.409. The molecule has 2 rings (SSSR count). The van der Waals surface area contributed by atoms with E-state index in [0.717, 1.165) is 6.42 Å². The van der Waals surface area contributed by atoms with Crippen LogP contribution in [0, 0.1) is 0 Å². The number of piperidine rings is 1. The zero-order chi connectivity index (χ0) is 14.5. The van der Waals surface area contributed by atoms with Crippen molar-refractivity contribution >= 4 is 23.0 Å². The summed E-state index contributed by atoms with van der Waals surface area (Å²) in [6.07, 6.45) is 2.00. The molecular weight excluding hydrogens is 272 g/mol. The number of ketones is 1. The molecule has 0 radical (unpaired) electrons. The molecular formula is C15H22N2O2S. The van der Waals surface area contributed by atoms with Gasteiger partial charge in [0.2, 0.25) is 5.91 Å². The van der Waals surface area contributed by atoms with Crippen molar-refractivity contribution in [2.24, 2.45) is 0 Å². The number of carbonyl (C=O) groups is 2. The van der Waals surface area contributed by atoms with E-state index in [1.807, 2.05) is 11.9 Å². The van der Waals surface area contributed by atoms with Gasteiger partial charge in [-0.05, 0) is 31.8 Å². The highest BCUT2D eigenvalue weighted by molar-refractivity contribution is 7.09. The molecule has 110 valence electrons. The molecule has 1 fully saturated rings. The average molecular weight is 294 g/mol. The summed E-state index contributed by atoms with van der Waals surface area (Å²) in [5.41, 5.74) is 0. The fourth-order valence-electron chi connectivity index (χ4n) is 2.35. The summed E-state index contributed by atoms with van der Waals surface area (Å²) in [6, 6.07) is 4.53. The summed E-state index contributed by atoms with van der Waals surface area (Å²) >= 11 is 1.76. The molecule has 0 aliphatic carbocycles. The number of Topliss-reactive ketones (excluding diaryl/α,β-unsaturated/α-hetero) is 1. The van der Waals surface area contributed by atoms with Gasteiger partial charge in [0.1, 0.15) is 5.78 Å². The molecule has 1 unspecified atom stereocenters. The van der Waals surface area contributed by atoms with E-state index < -0.39 is 0 Å². The minimum atomic E-state index is 0.137. The van der Waals surface area contributed by atoms with E-state index in [4.69, 9.17) is 0 Å². The van der Waals surface area contributed by atoms with Crippen LogP contribution >= 0.6 is 11.3 Å². The molecule has 1 saturated heterocycles. The molecule has 0 spiro atoms. The molecule has 0 saturated carbocycles. The topological polar surface area (TPSA) is 40.6 Å². The van der Waals surface area contributed by atoms with Crippen LogP contribution < -0.4 is 0 Å². The van der Waals surface area contributed by atoms with E-state index in [1.54, 1.807) is 11.3 Å². The van der Waals surface area contributed by atoms with Crippen LogP contribution in [0.15, 0.2) is 17.5 Å². The molecule has 1 amide bonds. The van der Waals surface area contributed by atoms with E-state index >= 15 is 0 Å². The van der Waals surface area contributed by atoms with Crippen molar-refractivity contribution in [3.05, 3.63) is 22.4 Å². The molecule has 0 bridgehead atoms. The number of likely N-dealkylation sites (tertiary alicyclic amines) is 1. The van der Waals surface area contributed by atoms with Crippen molar-refractivity contribution in [3.8, 4) is 0 Å². The second kappa shape index (κ2) is 6.99. The Balaban J connectivity index is 1.79. The van der Waals surface area contributed by atoms with Crippen LogP contribution in [-0.2, 0) is 16.0 Å². The first kappa shape index (κ1) is 15.2. The van der Waals surface area contributed by atoms with Crippen LogP contribution in [0.25, 0.3) is 0 Å². The smallest absolute Gasteiger partial charge is 0.236 e. The van der Waals surface area contributed by atoms with Gasteiger partial charge in [-0.1, -0.05) is 6.07 Å². The molecule has 1 aromatic rings. The molecule has 1 aromatic heterocycles. The van der Waals surface area contributed by atoms with Gasteiger partial charge >= 0.3 is 0 Å². The summed E-state index contributed by atoms with van der Waals surface area (Å²) < 4.78 is 0. The lowest BCUT2D eigenvalue weighted by Crippen LogP contribution is -2.45. The molecule has 1 aliphatic rings. The Labute approximate surface area is 124 Å². The first-order valence-corrected chi connectivity index (χ1v) is 7.96. The monoisotopic (exact) mass is 294 g/mol. The standard InChI is InChI=1S/C15H22N2O2S/c1-12(10-14-4-3-9-20-14)16(2)11-15(19)17-7-5-13(18)6-8-17/h3-4,9,12H,5-8,10-11H2,1-2H3. The fourth-order valence-corrected chi connectivity index (χ4v) is 3.18. The summed E-state index contributed by atoms with van der Waals surface area (Å²) in [7, 11) is 1.99. The highest BCUT2D eigenvalue weighted by atomic mass is 32.1. The third-order valence-electron chi connectivity index (χ3n) is 3.89. The Morgan fingerprint density at radius 1 is 1.45 bits per heavy atom. The molecule has 1 aliphatic heterocycles. The van der Waals surface area contributed by atoms with E-state index in [2.05, 4.69) is 29.3 Å². The Morgan fingerprint density at radius 3 is 2.75 bits per heavy atom. The third kappa shape index (κ3) is 4.15. The van der Waals surface area contributed by atoms with Gasteiger partial charge in [-0.2, -0.15) is 0 Å². The normalized spacial score (nSPS) is 17.6. The molecule has 2 heterocycles.